The molecule has 102 valence electrons. The summed E-state index contributed by atoms with van der Waals surface area (Å²) >= 11 is 0. The van der Waals surface area contributed by atoms with Crippen LogP contribution in [0.1, 0.15) is 43.7 Å². The first kappa shape index (κ1) is 12.5. The van der Waals surface area contributed by atoms with Crippen molar-refractivity contribution in [1.82, 2.24) is 9.88 Å². The fraction of sp³-hybridized carbons (Fsp3) is 0.600. The molecule has 2 saturated heterocycles. The van der Waals surface area contributed by atoms with Crippen molar-refractivity contribution in [3.05, 3.63) is 23.9 Å². The van der Waals surface area contributed by atoms with E-state index in [1.807, 2.05) is 17.2 Å². The summed E-state index contributed by atoms with van der Waals surface area (Å²) < 4.78 is 0. The van der Waals surface area contributed by atoms with E-state index in [1.165, 1.54) is 24.8 Å². The molecule has 3 rings (SSSR count). The van der Waals surface area contributed by atoms with Crippen LogP contribution in [0.25, 0.3) is 0 Å². The number of nitrogens with zero attached hydrogens (tertiary/aromatic N) is 3. The number of hydrogen-bond donors (Lipinski definition) is 0. The molecule has 1 aromatic rings. The third-order valence-corrected chi connectivity index (χ3v) is 4.26. The van der Waals surface area contributed by atoms with Crippen molar-refractivity contribution in [2.24, 2.45) is 0 Å². The Kier molecular flexibility index (Phi) is 3.67. The molecule has 2 fully saturated rings. The van der Waals surface area contributed by atoms with Crippen molar-refractivity contribution in [3.8, 4) is 0 Å². The van der Waals surface area contributed by atoms with E-state index in [1.54, 1.807) is 0 Å². The Bertz CT molecular complexity index is 443. The lowest BCUT2D eigenvalue weighted by molar-refractivity contribution is -0.121. The van der Waals surface area contributed by atoms with Crippen LogP contribution in [0.2, 0.25) is 0 Å². The summed E-state index contributed by atoms with van der Waals surface area (Å²) in [6.07, 6.45) is 8.75. The van der Waals surface area contributed by atoms with Gasteiger partial charge < -0.3 is 9.80 Å². The zero-order valence-electron chi connectivity index (χ0n) is 11.3. The maximum absolute atomic E-state index is 11.3. The largest absolute Gasteiger partial charge is 0.356 e. The maximum Gasteiger partial charge on any atom is 0.210 e. The van der Waals surface area contributed by atoms with Crippen LogP contribution in [0.4, 0.5) is 5.82 Å². The van der Waals surface area contributed by atoms with E-state index < -0.39 is 0 Å². The number of likely N-dealkylation sites (tertiary alicyclic amines) is 1. The number of anilines is 1. The number of hydrogen-bond acceptors (Lipinski definition) is 3. The van der Waals surface area contributed by atoms with Gasteiger partial charge in [0.1, 0.15) is 5.82 Å². The normalized spacial score (nSPS) is 23.7. The van der Waals surface area contributed by atoms with Crippen LogP contribution in [0.15, 0.2) is 18.3 Å². The lowest BCUT2D eigenvalue weighted by atomic mass is 9.96. The second kappa shape index (κ2) is 5.59. The summed E-state index contributed by atoms with van der Waals surface area (Å²) in [6, 6.07) is 4.36. The van der Waals surface area contributed by atoms with Crippen LogP contribution in [0.5, 0.6) is 0 Å². The lowest BCUT2D eigenvalue weighted by Gasteiger charge is -2.35. The topological polar surface area (TPSA) is 36.4 Å². The Hall–Kier alpha value is -1.58. The van der Waals surface area contributed by atoms with Crippen molar-refractivity contribution in [2.45, 2.75) is 38.1 Å². The molecule has 3 heterocycles. The quantitative estimate of drug-likeness (QED) is 0.782. The third kappa shape index (κ3) is 2.44. The number of carbonyl (C=O) groups is 1. The van der Waals surface area contributed by atoms with Gasteiger partial charge in [-0.2, -0.15) is 0 Å². The minimum absolute atomic E-state index is 0.218. The van der Waals surface area contributed by atoms with E-state index in [9.17, 15) is 4.79 Å². The van der Waals surface area contributed by atoms with Crippen molar-refractivity contribution in [1.29, 1.82) is 0 Å². The lowest BCUT2D eigenvalue weighted by Crippen LogP contribution is -2.33. The highest BCUT2D eigenvalue weighted by Gasteiger charge is 2.27. The van der Waals surface area contributed by atoms with E-state index >= 15 is 0 Å². The number of piperidine rings is 1. The van der Waals surface area contributed by atoms with E-state index in [2.05, 4.69) is 16.0 Å². The first-order chi connectivity index (χ1) is 9.40. The van der Waals surface area contributed by atoms with Gasteiger partial charge in [0.05, 0.1) is 6.04 Å². The standard InChI is InChI=1S/C15H21N3O/c19-12-18-11-2-1-7-14(18)13-6-5-8-16-15(13)17-9-3-4-10-17/h5-6,8,12,14H,1-4,7,9-11H2. The highest BCUT2D eigenvalue weighted by Crippen LogP contribution is 2.35. The van der Waals surface area contributed by atoms with Gasteiger partial charge in [0.2, 0.25) is 6.41 Å². The highest BCUT2D eigenvalue weighted by atomic mass is 16.1. The first-order valence-electron chi connectivity index (χ1n) is 7.31. The number of amides is 1. The molecule has 1 atom stereocenters. The second-order valence-corrected chi connectivity index (χ2v) is 5.47. The third-order valence-electron chi connectivity index (χ3n) is 4.26. The second-order valence-electron chi connectivity index (χ2n) is 5.47. The van der Waals surface area contributed by atoms with E-state index in [0.29, 0.717) is 0 Å². The summed E-state index contributed by atoms with van der Waals surface area (Å²) in [7, 11) is 0. The number of rotatable bonds is 3. The van der Waals surface area contributed by atoms with Crippen LogP contribution < -0.4 is 4.90 Å². The summed E-state index contributed by atoms with van der Waals surface area (Å²) in [5.41, 5.74) is 1.23. The monoisotopic (exact) mass is 259 g/mol. The molecule has 4 heteroatoms. The highest BCUT2D eigenvalue weighted by molar-refractivity contribution is 5.54. The Morgan fingerprint density at radius 3 is 2.74 bits per heavy atom. The summed E-state index contributed by atoms with van der Waals surface area (Å²) in [4.78, 5) is 20.2. The van der Waals surface area contributed by atoms with Gasteiger partial charge in [0.15, 0.2) is 0 Å². The van der Waals surface area contributed by atoms with Gasteiger partial charge in [0.25, 0.3) is 0 Å². The fourth-order valence-electron chi connectivity index (χ4n) is 3.28. The Balaban J connectivity index is 1.92. The SMILES string of the molecule is O=CN1CCCCC1c1cccnc1N1CCCC1. The van der Waals surface area contributed by atoms with Gasteiger partial charge in [-0.25, -0.2) is 4.98 Å². The van der Waals surface area contributed by atoms with Crippen molar-refractivity contribution < 1.29 is 4.79 Å². The fourth-order valence-corrected chi connectivity index (χ4v) is 3.28. The number of pyridine rings is 1. The molecule has 0 bridgehead atoms. The predicted molar refractivity (Wildman–Crippen MR) is 75.0 cm³/mol. The van der Waals surface area contributed by atoms with E-state index in [-0.39, 0.29) is 6.04 Å². The first-order valence-corrected chi connectivity index (χ1v) is 7.31. The molecule has 2 aliphatic heterocycles. The van der Waals surface area contributed by atoms with Crippen LogP contribution in [0.3, 0.4) is 0 Å². The Morgan fingerprint density at radius 2 is 1.95 bits per heavy atom. The predicted octanol–water partition coefficient (Wildman–Crippen LogP) is 2.37. The molecular weight excluding hydrogens is 238 g/mol. The molecule has 1 aromatic heterocycles. The molecule has 0 saturated carbocycles. The van der Waals surface area contributed by atoms with Crippen LogP contribution in [0, 0.1) is 0 Å². The molecule has 0 aromatic carbocycles. The average molecular weight is 259 g/mol. The molecule has 0 aliphatic carbocycles. The molecule has 4 nitrogen and oxygen atoms in total. The van der Waals surface area contributed by atoms with Crippen LogP contribution >= 0.6 is 0 Å². The summed E-state index contributed by atoms with van der Waals surface area (Å²) in [6.45, 7) is 3.07. The van der Waals surface area contributed by atoms with Crippen molar-refractivity contribution in [3.63, 3.8) is 0 Å². The summed E-state index contributed by atoms with van der Waals surface area (Å²) in [5, 5.41) is 0. The molecule has 0 spiro atoms. The minimum atomic E-state index is 0.218. The molecule has 1 unspecified atom stereocenters. The molecule has 2 aliphatic rings. The molecule has 0 radical (unpaired) electrons. The zero-order chi connectivity index (χ0) is 13.1. The van der Waals surface area contributed by atoms with Crippen LogP contribution in [-0.2, 0) is 4.79 Å². The molecule has 0 N–H and O–H groups in total. The van der Waals surface area contributed by atoms with Crippen molar-refractivity contribution >= 4 is 12.2 Å². The van der Waals surface area contributed by atoms with Gasteiger partial charge in [-0.05, 0) is 38.2 Å². The molecular formula is C15H21N3O. The maximum atomic E-state index is 11.3. The zero-order valence-corrected chi connectivity index (χ0v) is 11.3. The van der Waals surface area contributed by atoms with E-state index in [4.69, 9.17) is 0 Å². The smallest absolute Gasteiger partial charge is 0.210 e. The average Bonchev–Trinajstić information content (AvgIpc) is 3.01. The Morgan fingerprint density at radius 1 is 1.16 bits per heavy atom. The molecule has 1 amide bonds. The van der Waals surface area contributed by atoms with Gasteiger partial charge in [-0.3, -0.25) is 4.79 Å². The summed E-state index contributed by atoms with van der Waals surface area (Å²) in [5.74, 6) is 1.10. The van der Waals surface area contributed by atoms with Gasteiger partial charge in [0, 0.05) is 31.4 Å². The Labute approximate surface area is 114 Å². The van der Waals surface area contributed by atoms with Crippen molar-refractivity contribution in [2.75, 3.05) is 24.5 Å². The van der Waals surface area contributed by atoms with Crippen LogP contribution in [-0.4, -0.2) is 35.9 Å². The molecule has 19 heavy (non-hydrogen) atoms. The number of aromatic nitrogens is 1. The van der Waals surface area contributed by atoms with Gasteiger partial charge in [-0.1, -0.05) is 6.07 Å². The minimum Gasteiger partial charge on any atom is -0.356 e. The van der Waals surface area contributed by atoms with Gasteiger partial charge in [-0.15, -0.1) is 0 Å². The number of carbonyl (C=O) groups excluding carboxylic acids is 1. The van der Waals surface area contributed by atoms with E-state index in [0.717, 1.165) is 44.7 Å². The van der Waals surface area contributed by atoms with Gasteiger partial charge >= 0.3 is 0 Å².